The van der Waals surface area contributed by atoms with Crippen LogP contribution in [0.25, 0.3) is 0 Å². The van der Waals surface area contributed by atoms with Crippen LogP contribution in [0.3, 0.4) is 0 Å². The standard InChI is InChI=1S/C16H15FN2O3/c1-10-4-5-11(14(17)7-10)8-12(20)9-22-16(21)13-3-2-6-19-15(13)18/h2-7H,8-9H2,1H3,(H2,18,19). The molecule has 0 saturated carbocycles. The van der Waals surface area contributed by atoms with Gasteiger partial charge in [-0.3, -0.25) is 4.79 Å². The van der Waals surface area contributed by atoms with Crippen LogP contribution in [-0.4, -0.2) is 23.3 Å². The molecule has 114 valence electrons. The van der Waals surface area contributed by atoms with Gasteiger partial charge in [-0.25, -0.2) is 14.2 Å². The van der Waals surface area contributed by atoms with Gasteiger partial charge in [0.05, 0.1) is 0 Å². The van der Waals surface area contributed by atoms with E-state index in [9.17, 15) is 14.0 Å². The van der Waals surface area contributed by atoms with Gasteiger partial charge < -0.3 is 10.5 Å². The topological polar surface area (TPSA) is 82.3 Å². The Hall–Kier alpha value is -2.76. The summed E-state index contributed by atoms with van der Waals surface area (Å²) in [5.41, 5.74) is 6.67. The number of pyridine rings is 1. The minimum atomic E-state index is -0.733. The summed E-state index contributed by atoms with van der Waals surface area (Å²) in [5, 5.41) is 0. The molecule has 0 amide bonds. The second-order valence-electron chi connectivity index (χ2n) is 4.82. The van der Waals surface area contributed by atoms with Crippen LogP contribution in [0.1, 0.15) is 21.5 Å². The van der Waals surface area contributed by atoms with Gasteiger partial charge in [0.1, 0.15) is 17.2 Å². The molecule has 22 heavy (non-hydrogen) atoms. The van der Waals surface area contributed by atoms with Gasteiger partial charge in [0.25, 0.3) is 0 Å². The first-order valence-electron chi connectivity index (χ1n) is 6.61. The van der Waals surface area contributed by atoms with E-state index in [0.717, 1.165) is 5.56 Å². The van der Waals surface area contributed by atoms with E-state index in [4.69, 9.17) is 10.5 Å². The number of nitrogen functional groups attached to an aromatic ring is 1. The van der Waals surface area contributed by atoms with Crippen molar-refractivity contribution in [3.05, 3.63) is 59.0 Å². The van der Waals surface area contributed by atoms with Crippen LogP contribution in [0.4, 0.5) is 10.2 Å². The molecule has 1 heterocycles. The number of carbonyl (C=O) groups excluding carboxylic acids is 2. The van der Waals surface area contributed by atoms with Crippen molar-refractivity contribution < 1.29 is 18.7 Å². The van der Waals surface area contributed by atoms with Crippen molar-refractivity contribution in [1.82, 2.24) is 4.98 Å². The van der Waals surface area contributed by atoms with Crippen molar-refractivity contribution in [1.29, 1.82) is 0 Å². The van der Waals surface area contributed by atoms with E-state index < -0.39 is 24.2 Å². The molecule has 0 aliphatic heterocycles. The number of ketones is 1. The highest BCUT2D eigenvalue weighted by Crippen LogP contribution is 2.12. The normalized spacial score (nSPS) is 10.3. The number of ether oxygens (including phenoxy) is 1. The van der Waals surface area contributed by atoms with Gasteiger partial charge in [-0.15, -0.1) is 0 Å². The molecule has 2 N–H and O–H groups in total. The summed E-state index contributed by atoms with van der Waals surface area (Å²) < 4.78 is 18.5. The lowest BCUT2D eigenvalue weighted by Gasteiger charge is -2.06. The molecule has 0 spiro atoms. The summed E-state index contributed by atoms with van der Waals surface area (Å²) in [6.45, 7) is 1.31. The summed E-state index contributed by atoms with van der Waals surface area (Å²) in [6.07, 6.45) is 1.30. The Morgan fingerprint density at radius 3 is 2.77 bits per heavy atom. The minimum Gasteiger partial charge on any atom is -0.454 e. The highest BCUT2D eigenvalue weighted by atomic mass is 19.1. The smallest absolute Gasteiger partial charge is 0.342 e. The molecule has 5 nitrogen and oxygen atoms in total. The van der Waals surface area contributed by atoms with Crippen molar-refractivity contribution in [3.63, 3.8) is 0 Å². The molecular formula is C16H15FN2O3. The second-order valence-corrected chi connectivity index (χ2v) is 4.82. The van der Waals surface area contributed by atoms with Crippen molar-refractivity contribution in [2.75, 3.05) is 12.3 Å². The maximum absolute atomic E-state index is 13.6. The molecular weight excluding hydrogens is 287 g/mol. The average Bonchev–Trinajstić information content (AvgIpc) is 2.48. The summed E-state index contributed by atoms with van der Waals surface area (Å²) >= 11 is 0. The molecule has 0 unspecified atom stereocenters. The molecule has 0 saturated heterocycles. The number of hydrogen-bond donors (Lipinski definition) is 1. The van der Waals surface area contributed by atoms with Gasteiger partial charge in [0.2, 0.25) is 0 Å². The van der Waals surface area contributed by atoms with E-state index in [-0.39, 0.29) is 23.4 Å². The molecule has 1 aromatic heterocycles. The van der Waals surface area contributed by atoms with Crippen LogP contribution in [-0.2, 0) is 16.0 Å². The van der Waals surface area contributed by atoms with E-state index in [1.807, 2.05) is 0 Å². The number of aryl methyl sites for hydroxylation is 1. The zero-order valence-corrected chi connectivity index (χ0v) is 12.0. The highest BCUT2D eigenvalue weighted by molar-refractivity contribution is 5.95. The van der Waals surface area contributed by atoms with E-state index >= 15 is 0 Å². The fourth-order valence-corrected chi connectivity index (χ4v) is 1.87. The van der Waals surface area contributed by atoms with Crippen molar-refractivity contribution in [2.45, 2.75) is 13.3 Å². The zero-order chi connectivity index (χ0) is 16.1. The predicted molar refractivity (Wildman–Crippen MR) is 78.8 cm³/mol. The third-order valence-electron chi connectivity index (χ3n) is 3.02. The molecule has 1 aromatic carbocycles. The molecule has 0 bridgehead atoms. The number of nitrogens with zero attached hydrogens (tertiary/aromatic N) is 1. The zero-order valence-electron chi connectivity index (χ0n) is 12.0. The average molecular weight is 302 g/mol. The summed E-state index contributed by atoms with van der Waals surface area (Å²) in [4.78, 5) is 27.3. The Labute approximate surface area is 126 Å². The minimum absolute atomic E-state index is 0.0320. The van der Waals surface area contributed by atoms with E-state index in [1.54, 1.807) is 19.1 Å². The molecule has 0 aliphatic rings. The quantitative estimate of drug-likeness (QED) is 0.855. The Morgan fingerprint density at radius 2 is 2.09 bits per heavy atom. The van der Waals surface area contributed by atoms with Crippen LogP contribution < -0.4 is 5.73 Å². The number of carbonyl (C=O) groups is 2. The van der Waals surface area contributed by atoms with Gasteiger partial charge in [0, 0.05) is 12.6 Å². The van der Waals surface area contributed by atoms with Crippen molar-refractivity contribution >= 4 is 17.6 Å². The summed E-state index contributed by atoms with van der Waals surface area (Å²) in [5.74, 6) is -1.55. The monoisotopic (exact) mass is 302 g/mol. The van der Waals surface area contributed by atoms with Crippen LogP contribution in [0.15, 0.2) is 36.5 Å². The molecule has 0 radical (unpaired) electrons. The molecule has 0 aliphatic carbocycles. The molecule has 2 aromatic rings. The van der Waals surface area contributed by atoms with Crippen LogP contribution >= 0.6 is 0 Å². The fraction of sp³-hybridized carbons (Fsp3) is 0.188. The molecule has 0 atom stereocenters. The van der Waals surface area contributed by atoms with Gasteiger partial charge in [0.15, 0.2) is 12.4 Å². The van der Waals surface area contributed by atoms with Crippen LogP contribution in [0, 0.1) is 12.7 Å². The maximum atomic E-state index is 13.6. The number of nitrogens with two attached hydrogens (primary N) is 1. The predicted octanol–water partition coefficient (Wildman–Crippen LogP) is 2.08. The maximum Gasteiger partial charge on any atom is 0.342 e. The van der Waals surface area contributed by atoms with Crippen molar-refractivity contribution in [2.24, 2.45) is 0 Å². The van der Waals surface area contributed by atoms with Gasteiger partial charge in [-0.1, -0.05) is 12.1 Å². The fourth-order valence-electron chi connectivity index (χ4n) is 1.87. The number of Topliss-reactive ketones (excluding diaryl/α,β-unsaturated/α-hetero) is 1. The first kappa shape index (κ1) is 15.6. The largest absolute Gasteiger partial charge is 0.454 e. The number of anilines is 1. The van der Waals surface area contributed by atoms with Crippen molar-refractivity contribution in [3.8, 4) is 0 Å². The highest BCUT2D eigenvalue weighted by Gasteiger charge is 2.15. The molecule has 0 fully saturated rings. The van der Waals surface area contributed by atoms with Crippen LogP contribution in [0.5, 0.6) is 0 Å². The van der Waals surface area contributed by atoms with E-state index in [1.165, 1.54) is 24.4 Å². The third-order valence-corrected chi connectivity index (χ3v) is 3.02. The van der Waals surface area contributed by atoms with E-state index in [2.05, 4.69) is 4.98 Å². The first-order valence-corrected chi connectivity index (χ1v) is 6.61. The number of benzene rings is 1. The van der Waals surface area contributed by atoms with Gasteiger partial charge in [-0.2, -0.15) is 0 Å². The lowest BCUT2D eigenvalue weighted by molar-refractivity contribution is -0.121. The second kappa shape index (κ2) is 6.80. The summed E-state index contributed by atoms with van der Waals surface area (Å²) in [6, 6.07) is 7.60. The third kappa shape index (κ3) is 3.88. The Bertz CT molecular complexity index is 716. The number of hydrogen-bond acceptors (Lipinski definition) is 5. The number of esters is 1. The van der Waals surface area contributed by atoms with Gasteiger partial charge in [-0.05, 0) is 36.2 Å². The number of aromatic nitrogens is 1. The summed E-state index contributed by atoms with van der Waals surface area (Å²) in [7, 11) is 0. The SMILES string of the molecule is Cc1ccc(CC(=O)COC(=O)c2cccnc2N)c(F)c1. The molecule has 2 rings (SSSR count). The number of halogens is 1. The van der Waals surface area contributed by atoms with E-state index in [0.29, 0.717) is 0 Å². The van der Waals surface area contributed by atoms with Crippen LogP contribution in [0.2, 0.25) is 0 Å². The van der Waals surface area contributed by atoms with Gasteiger partial charge >= 0.3 is 5.97 Å². The lowest BCUT2D eigenvalue weighted by Crippen LogP contribution is -2.17. The Balaban J connectivity index is 1.93. The first-order chi connectivity index (χ1) is 10.5. The Morgan fingerprint density at radius 1 is 1.32 bits per heavy atom. The molecule has 6 heteroatoms. The number of rotatable bonds is 5. The Kier molecular flexibility index (Phi) is 4.83. The lowest BCUT2D eigenvalue weighted by atomic mass is 10.1.